The van der Waals surface area contributed by atoms with Crippen molar-refractivity contribution in [2.75, 3.05) is 26.7 Å². The van der Waals surface area contributed by atoms with Gasteiger partial charge in [-0.3, -0.25) is 9.59 Å². The highest BCUT2D eigenvalue weighted by molar-refractivity contribution is 7.13. The number of aryl methyl sites for hydroxylation is 1. The van der Waals surface area contributed by atoms with Gasteiger partial charge >= 0.3 is 0 Å². The molecule has 1 aromatic heterocycles. The zero-order valence-electron chi connectivity index (χ0n) is 27.1. The van der Waals surface area contributed by atoms with E-state index in [1.807, 2.05) is 45.3 Å². The number of hydrogen-bond donors (Lipinski definition) is 3. The number of allylic oxidation sites excluding steroid dienone is 1. The Morgan fingerprint density at radius 1 is 1.18 bits per heavy atom. The second-order valence-corrected chi connectivity index (χ2v) is 15.4. The number of rotatable bonds is 9. The van der Waals surface area contributed by atoms with E-state index in [9.17, 15) is 9.59 Å². The Bertz CT molecular complexity index is 1330. The number of benzene rings is 1. The molecule has 2 saturated heterocycles. The Hall–Kier alpha value is -2.95. The molecule has 0 radical (unpaired) electrons. The molecule has 1 aromatic carbocycles. The molecule has 3 heterocycles. The lowest BCUT2D eigenvalue weighted by atomic mass is 9.56. The van der Waals surface area contributed by atoms with Crippen LogP contribution in [0.5, 0.6) is 0 Å². The topological polar surface area (TPSA) is 121 Å². The number of hydrogen-bond acceptors (Lipinski definition) is 8. The van der Waals surface area contributed by atoms with Crippen molar-refractivity contribution in [1.82, 2.24) is 25.1 Å². The van der Waals surface area contributed by atoms with Crippen LogP contribution in [0.25, 0.3) is 10.4 Å². The average molecular weight is 622 g/mol. The maximum Gasteiger partial charge on any atom is 0.248 e. The van der Waals surface area contributed by atoms with E-state index in [0.29, 0.717) is 30.8 Å². The summed E-state index contributed by atoms with van der Waals surface area (Å²) in [6.45, 7) is 11.4. The van der Waals surface area contributed by atoms with Gasteiger partial charge in [0.25, 0.3) is 0 Å². The van der Waals surface area contributed by atoms with Gasteiger partial charge in [-0.1, -0.05) is 45.0 Å². The van der Waals surface area contributed by atoms with E-state index in [4.69, 9.17) is 11.6 Å². The first-order chi connectivity index (χ1) is 20.8. The zero-order valence-corrected chi connectivity index (χ0v) is 28.0. The summed E-state index contributed by atoms with van der Waals surface area (Å²) in [5.41, 5.74) is 12.3. The number of aromatic nitrogens is 1. The monoisotopic (exact) mass is 621 g/mol. The zero-order chi connectivity index (χ0) is 31.6. The summed E-state index contributed by atoms with van der Waals surface area (Å²) >= 11 is 1.62. The molecule has 3 fully saturated rings. The summed E-state index contributed by atoms with van der Waals surface area (Å²) in [7, 11) is 2.20. The van der Waals surface area contributed by atoms with Crippen LogP contribution in [0.3, 0.4) is 0 Å². The standard InChI is InChI=1S/C34H51N7O2S/c1-23-29(44-22-38-23)26-10-8-24(9-11-26)20-37-31(42)28-7-6-14-40(28)32(43)30(33(2,3)4)41(36)21-27(35)17-25-18-34(19-25)12-15-39(5)16-13-34/h8-11,21-22,25,28,30H,6-7,12-20,35-36H2,1-5H3,(H,37,42)/b27-21-. The van der Waals surface area contributed by atoms with Crippen LogP contribution in [0.4, 0.5) is 0 Å². The summed E-state index contributed by atoms with van der Waals surface area (Å²) in [4.78, 5) is 37.0. The fourth-order valence-electron chi connectivity index (χ4n) is 7.53. The van der Waals surface area contributed by atoms with Crippen molar-refractivity contribution in [2.24, 2.45) is 28.3 Å². The Morgan fingerprint density at radius 2 is 1.86 bits per heavy atom. The first-order valence-electron chi connectivity index (χ1n) is 16.1. The third-order valence-corrected chi connectivity index (χ3v) is 10.9. The van der Waals surface area contributed by atoms with Crippen LogP contribution in [0.2, 0.25) is 0 Å². The molecule has 2 aliphatic heterocycles. The number of carbonyl (C=O) groups excluding carboxylic acids is 2. The fraction of sp³-hybridized carbons (Fsp3) is 0.618. The minimum Gasteiger partial charge on any atom is -0.401 e. The molecule has 2 amide bonds. The van der Waals surface area contributed by atoms with Crippen LogP contribution < -0.4 is 16.9 Å². The predicted octanol–water partition coefficient (Wildman–Crippen LogP) is 4.63. The molecule has 5 rings (SSSR count). The van der Waals surface area contributed by atoms with Gasteiger partial charge in [-0.25, -0.2) is 10.8 Å². The lowest BCUT2D eigenvalue weighted by Gasteiger charge is -2.52. The quantitative estimate of drug-likeness (QED) is 0.276. The molecule has 5 N–H and O–H groups in total. The van der Waals surface area contributed by atoms with Gasteiger partial charge in [0, 0.05) is 25.0 Å². The molecule has 2 atom stereocenters. The van der Waals surface area contributed by atoms with Gasteiger partial charge < -0.3 is 25.9 Å². The van der Waals surface area contributed by atoms with Crippen molar-refractivity contribution < 1.29 is 9.59 Å². The normalized spacial score (nSPS) is 21.7. The number of thiazole rings is 1. The Kier molecular flexibility index (Phi) is 9.72. The second-order valence-electron chi connectivity index (χ2n) is 14.6. The van der Waals surface area contributed by atoms with Crippen LogP contribution >= 0.6 is 11.3 Å². The van der Waals surface area contributed by atoms with Gasteiger partial charge in [0.1, 0.15) is 12.1 Å². The van der Waals surface area contributed by atoms with Crippen molar-refractivity contribution >= 4 is 23.2 Å². The second kappa shape index (κ2) is 13.2. The smallest absolute Gasteiger partial charge is 0.248 e. The largest absolute Gasteiger partial charge is 0.401 e. The van der Waals surface area contributed by atoms with Crippen LogP contribution in [0, 0.1) is 23.7 Å². The van der Waals surface area contributed by atoms with Gasteiger partial charge in [0.05, 0.1) is 16.1 Å². The van der Waals surface area contributed by atoms with Gasteiger partial charge in [0.15, 0.2) is 0 Å². The molecule has 44 heavy (non-hydrogen) atoms. The first kappa shape index (κ1) is 32.4. The number of likely N-dealkylation sites (tertiary alicyclic amines) is 2. The van der Waals surface area contributed by atoms with Crippen molar-refractivity contribution in [1.29, 1.82) is 0 Å². The fourth-order valence-corrected chi connectivity index (χ4v) is 8.34. The van der Waals surface area contributed by atoms with Gasteiger partial charge in [-0.05, 0) is 99.9 Å². The number of nitrogens with two attached hydrogens (primary N) is 2. The van der Waals surface area contributed by atoms with Crippen LogP contribution in [0.15, 0.2) is 41.7 Å². The van der Waals surface area contributed by atoms with E-state index in [1.165, 1.54) is 43.8 Å². The number of nitrogens with zero attached hydrogens (tertiary/aromatic N) is 4. The van der Waals surface area contributed by atoms with E-state index in [2.05, 4.69) is 34.4 Å². The highest BCUT2D eigenvalue weighted by Crippen LogP contribution is 2.54. The first-order valence-corrected chi connectivity index (χ1v) is 17.0. The van der Waals surface area contributed by atoms with Gasteiger partial charge in [-0.2, -0.15) is 0 Å². The van der Waals surface area contributed by atoms with E-state index < -0.39 is 17.5 Å². The summed E-state index contributed by atoms with van der Waals surface area (Å²) in [5.74, 6) is 6.92. The summed E-state index contributed by atoms with van der Waals surface area (Å²) in [5, 5.41) is 4.57. The highest BCUT2D eigenvalue weighted by Gasteiger charge is 2.46. The third kappa shape index (κ3) is 7.29. The Labute approximate surface area is 267 Å². The van der Waals surface area contributed by atoms with Crippen LogP contribution in [-0.4, -0.2) is 70.4 Å². The minimum absolute atomic E-state index is 0.125. The molecular weight excluding hydrogens is 570 g/mol. The Morgan fingerprint density at radius 3 is 2.48 bits per heavy atom. The van der Waals surface area contributed by atoms with E-state index in [0.717, 1.165) is 40.2 Å². The van der Waals surface area contributed by atoms with E-state index >= 15 is 0 Å². The van der Waals surface area contributed by atoms with Crippen molar-refractivity contribution in [2.45, 2.75) is 91.3 Å². The predicted molar refractivity (Wildman–Crippen MR) is 177 cm³/mol. The lowest BCUT2D eigenvalue weighted by Crippen LogP contribution is -2.58. The van der Waals surface area contributed by atoms with Gasteiger partial charge in [0.2, 0.25) is 11.8 Å². The molecule has 1 aliphatic carbocycles. The van der Waals surface area contributed by atoms with Crippen LogP contribution in [0.1, 0.15) is 77.0 Å². The number of piperidine rings is 1. The number of amides is 2. The van der Waals surface area contributed by atoms with Crippen molar-refractivity contribution in [3.63, 3.8) is 0 Å². The molecule has 2 aromatic rings. The number of nitrogens with one attached hydrogen (secondary N) is 1. The SMILES string of the molecule is Cc1ncsc1-c1ccc(CNC(=O)C2CCCN2C(=O)C(N(N)/C=C(\N)CC2CC3(CCN(C)CC3)C2)C(C)(C)C)cc1. The summed E-state index contributed by atoms with van der Waals surface area (Å²) in [6.07, 6.45) is 8.98. The molecule has 2 unspecified atom stereocenters. The maximum atomic E-state index is 14.0. The molecular formula is C34H51N7O2S. The summed E-state index contributed by atoms with van der Waals surface area (Å²) < 4.78 is 0. The number of carbonyl (C=O) groups is 2. The molecule has 1 spiro atoms. The molecule has 3 aliphatic rings. The van der Waals surface area contributed by atoms with Crippen molar-refractivity contribution in [3.8, 4) is 10.4 Å². The lowest BCUT2D eigenvalue weighted by molar-refractivity contribution is -0.145. The molecule has 1 saturated carbocycles. The third-order valence-electron chi connectivity index (χ3n) is 9.95. The highest BCUT2D eigenvalue weighted by atomic mass is 32.1. The van der Waals surface area contributed by atoms with Gasteiger partial charge in [-0.15, -0.1) is 11.3 Å². The minimum atomic E-state index is -0.640. The van der Waals surface area contributed by atoms with E-state index in [1.54, 1.807) is 22.4 Å². The summed E-state index contributed by atoms with van der Waals surface area (Å²) in [6, 6.07) is 7.04. The van der Waals surface area contributed by atoms with E-state index in [-0.39, 0.29) is 11.8 Å². The number of hydrazine groups is 1. The molecule has 9 nitrogen and oxygen atoms in total. The van der Waals surface area contributed by atoms with Crippen LogP contribution in [-0.2, 0) is 16.1 Å². The molecule has 10 heteroatoms. The van der Waals surface area contributed by atoms with Crippen molar-refractivity contribution in [3.05, 3.63) is 52.9 Å². The Balaban J connectivity index is 1.17. The molecule has 0 bridgehead atoms. The molecule has 240 valence electrons. The maximum absolute atomic E-state index is 14.0. The average Bonchev–Trinajstić information content (AvgIpc) is 3.61.